The first-order chi connectivity index (χ1) is 10.1. The van der Waals surface area contributed by atoms with Gasteiger partial charge in [0.15, 0.2) is 10.2 Å². The number of sulfonamides is 1. The largest absolute Gasteiger partial charge is 0.288 e. The van der Waals surface area contributed by atoms with Crippen molar-refractivity contribution >= 4 is 39.0 Å². The molecule has 0 amide bonds. The van der Waals surface area contributed by atoms with Crippen molar-refractivity contribution in [3.05, 3.63) is 29.5 Å². The van der Waals surface area contributed by atoms with E-state index >= 15 is 0 Å². The van der Waals surface area contributed by atoms with Gasteiger partial charge in [-0.3, -0.25) is 4.40 Å². The summed E-state index contributed by atoms with van der Waals surface area (Å²) < 4.78 is 29.2. The molecule has 1 aliphatic rings. The van der Waals surface area contributed by atoms with Crippen LogP contribution in [0.5, 0.6) is 0 Å². The van der Waals surface area contributed by atoms with Crippen LogP contribution in [-0.2, 0) is 10.0 Å². The minimum Gasteiger partial charge on any atom is -0.288 e. The van der Waals surface area contributed by atoms with Crippen molar-refractivity contribution in [3.63, 3.8) is 0 Å². The molecule has 21 heavy (non-hydrogen) atoms. The lowest BCUT2D eigenvalue weighted by Gasteiger charge is -2.21. The molecule has 0 unspecified atom stereocenters. The van der Waals surface area contributed by atoms with E-state index in [-0.39, 0.29) is 10.2 Å². The van der Waals surface area contributed by atoms with Crippen molar-refractivity contribution in [2.45, 2.75) is 17.9 Å². The second-order valence-electron chi connectivity index (χ2n) is 5.04. The van der Waals surface area contributed by atoms with E-state index in [2.05, 4.69) is 9.71 Å². The van der Waals surface area contributed by atoms with Crippen LogP contribution in [0.3, 0.4) is 0 Å². The van der Waals surface area contributed by atoms with Crippen molar-refractivity contribution in [1.82, 2.24) is 14.1 Å². The van der Waals surface area contributed by atoms with Gasteiger partial charge >= 0.3 is 0 Å². The molecule has 1 aliphatic heterocycles. The van der Waals surface area contributed by atoms with Gasteiger partial charge in [0, 0.05) is 12.7 Å². The molecule has 114 valence electrons. The zero-order valence-electron chi connectivity index (χ0n) is 11.3. The van der Waals surface area contributed by atoms with E-state index < -0.39 is 10.0 Å². The molecule has 1 fully saturated rings. The van der Waals surface area contributed by atoms with E-state index in [4.69, 9.17) is 11.6 Å². The van der Waals surface area contributed by atoms with Gasteiger partial charge in [0.05, 0.1) is 0 Å². The number of halogens is 1. The Hall–Kier alpha value is -0.760. The number of hydrogen-bond acceptors (Lipinski definition) is 4. The monoisotopic (exact) mass is 345 g/mol. The Kier molecular flexibility index (Phi) is 4.44. The van der Waals surface area contributed by atoms with Crippen LogP contribution in [0, 0.1) is 5.92 Å². The van der Waals surface area contributed by atoms with E-state index in [0.717, 1.165) is 24.3 Å². The Balaban J connectivity index is 1.84. The third-order valence-electron chi connectivity index (χ3n) is 3.60. The predicted molar refractivity (Wildman–Crippen MR) is 85.4 cm³/mol. The molecule has 0 radical (unpaired) electrons. The molecule has 0 aromatic carbocycles. The summed E-state index contributed by atoms with van der Waals surface area (Å²) in [4.78, 5) is 4.08. The summed E-state index contributed by atoms with van der Waals surface area (Å²) in [6.07, 6.45) is 3.75. The third kappa shape index (κ3) is 3.21. The molecule has 8 heteroatoms. The highest BCUT2D eigenvalue weighted by atomic mass is 35.5. The number of hydrogen-bond donors (Lipinski definition) is 1. The summed E-state index contributed by atoms with van der Waals surface area (Å²) in [5.41, 5.74) is 0.525. The van der Waals surface area contributed by atoms with Gasteiger partial charge < -0.3 is 0 Å². The lowest BCUT2D eigenvalue weighted by atomic mass is 10.0. The molecule has 3 rings (SSSR count). The van der Waals surface area contributed by atoms with Crippen molar-refractivity contribution in [1.29, 1.82) is 0 Å². The molecule has 3 heterocycles. The highest BCUT2D eigenvalue weighted by molar-refractivity contribution is 7.99. The van der Waals surface area contributed by atoms with E-state index in [9.17, 15) is 8.42 Å². The second-order valence-corrected chi connectivity index (χ2v) is 8.31. The molecule has 1 saturated heterocycles. The summed E-state index contributed by atoms with van der Waals surface area (Å²) >= 11 is 7.94. The number of fused-ring (bicyclic) bond motifs is 1. The van der Waals surface area contributed by atoms with Crippen LogP contribution in [0.15, 0.2) is 29.4 Å². The SMILES string of the molecule is O=S(=O)(NCC1CCSCC1)c1c(Cl)nc2ccccn12. The molecule has 2 aromatic rings. The number of nitrogens with zero attached hydrogens (tertiary/aromatic N) is 2. The Labute approximate surface area is 133 Å². The van der Waals surface area contributed by atoms with Gasteiger partial charge in [-0.25, -0.2) is 18.1 Å². The Morgan fingerprint density at radius 1 is 1.38 bits per heavy atom. The number of rotatable bonds is 4. The minimum atomic E-state index is -3.66. The van der Waals surface area contributed by atoms with Gasteiger partial charge in [-0.1, -0.05) is 17.7 Å². The molecule has 0 spiro atoms. The number of aromatic nitrogens is 2. The fraction of sp³-hybridized carbons (Fsp3) is 0.462. The summed E-state index contributed by atoms with van der Waals surface area (Å²) in [5, 5.41) is 0.0258. The predicted octanol–water partition coefficient (Wildman–Crippen LogP) is 2.41. The lowest BCUT2D eigenvalue weighted by Crippen LogP contribution is -2.31. The van der Waals surface area contributed by atoms with Crippen LogP contribution in [-0.4, -0.2) is 35.9 Å². The third-order valence-corrected chi connectivity index (χ3v) is 6.47. The van der Waals surface area contributed by atoms with Crippen LogP contribution in [0.4, 0.5) is 0 Å². The van der Waals surface area contributed by atoms with Gasteiger partial charge in [-0.2, -0.15) is 11.8 Å². The van der Waals surface area contributed by atoms with E-state index in [0.29, 0.717) is 18.1 Å². The minimum absolute atomic E-state index is 0.00731. The van der Waals surface area contributed by atoms with E-state index in [1.165, 1.54) is 4.40 Å². The first-order valence-corrected chi connectivity index (χ1v) is 9.79. The van der Waals surface area contributed by atoms with Gasteiger partial charge in [0.1, 0.15) is 5.65 Å². The van der Waals surface area contributed by atoms with Crippen LogP contribution in [0.1, 0.15) is 12.8 Å². The smallest absolute Gasteiger partial charge is 0.259 e. The first kappa shape index (κ1) is 15.1. The number of imidazole rings is 1. The molecule has 0 aliphatic carbocycles. The van der Waals surface area contributed by atoms with Gasteiger partial charge in [0.2, 0.25) is 0 Å². The van der Waals surface area contributed by atoms with Crippen molar-refractivity contribution in [2.75, 3.05) is 18.1 Å². The summed E-state index contributed by atoms with van der Waals surface area (Å²) in [6, 6.07) is 5.27. The van der Waals surface area contributed by atoms with Gasteiger partial charge in [-0.05, 0) is 42.4 Å². The summed E-state index contributed by atoms with van der Waals surface area (Å²) in [6.45, 7) is 0.458. The van der Waals surface area contributed by atoms with Crippen molar-refractivity contribution < 1.29 is 8.42 Å². The number of nitrogens with one attached hydrogen (secondary N) is 1. The molecule has 0 saturated carbocycles. The molecule has 0 bridgehead atoms. The average molecular weight is 346 g/mol. The zero-order valence-corrected chi connectivity index (χ0v) is 13.7. The van der Waals surface area contributed by atoms with Crippen molar-refractivity contribution in [2.24, 2.45) is 5.92 Å². The second kappa shape index (κ2) is 6.16. The maximum absolute atomic E-state index is 12.5. The first-order valence-electron chi connectivity index (χ1n) is 6.78. The maximum atomic E-state index is 12.5. The zero-order chi connectivity index (χ0) is 14.9. The molecule has 1 N–H and O–H groups in total. The van der Waals surface area contributed by atoms with Crippen LogP contribution >= 0.6 is 23.4 Å². The lowest BCUT2D eigenvalue weighted by molar-refractivity contribution is 0.476. The van der Waals surface area contributed by atoms with Crippen LogP contribution < -0.4 is 4.72 Å². The van der Waals surface area contributed by atoms with E-state index in [1.54, 1.807) is 24.4 Å². The summed E-state index contributed by atoms with van der Waals surface area (Å²) in [7, 11) is -3.66. The number of pyridine rings is 1. The van der Waals surface area contributed by atoms with Crippen molar-refractivity contribution in [3.8, 4) is 0 Å². The molecular formula is C13H16ClN3O2S2. The molecule has 0 atom stereocenters. The molecule has 5 nitrogen and oxygen atoms in total. The highest BCUT2D eigenvalue weighted by Gasteiger charge is 2.25. The Morgan fingerprint density at radius 2 is 2.14 bits per heavy atom. The van der Waals surface area contributed by atoms with Crippen LogP contribution in [0.25, 0.3) is 5.65 Å². The maximum Gasteiger partial charge on any atom is 0.259 e. The van der Waals surface area contributed by atoms with Crippen LogP contribution in [0.2, 0.25) is 5.15 Å². The normalized spacial score (nSPS) is 17.4. The average Bonchev–Trinajstić information content (AvgIpc) is 2.83. The highest BCUT2D eigenvalue weighted by Crippen LogP contribution is 2.25. The summed E-state index contributed by atoms with van der Waals surface area (Å²) in [5.74, 6) is 2.60. The standard InChI is InChI=1S/C13H16ClN3O2S2/c14-12-13(17-6-2-1-3-11(17)16-12)21(18,19)15-9-10-4-7-20-8-5-10/h1-3,6,10,15H,4-5,7-9H2. The van der Waals surface area contributed by atoms with E-state index in [1.807, 2.05) is 11.8 Å². The topological polar surface area (TPSA) is 63.5 Å². The molecular weight excluding hydrogens is 330 g/mol. The van der Waals surface area contributed by atoms with Gasteiger partial charge in [-0.15, -0.1) is 0 Å². The Bertz CT molecular complexity index is 739. The number of thioether (sulfide) groups is 1. The fourth-order valence-electron chi connectivity index (χ4n) is 2.43. The Morgan fingerprint density at radius 3 is 2.90 bits per heavy atom. The molecule has 2 aromatic heterocycles. The fourth-order valence-corrected chi connectivity index (χ4v) is 5.39. The quantitative estimate of drug-likeness (QED) is 0.924. The van der Waals surface area contributed by atoms with Gasteiger partial charge in [0.25, 0.3) is 10.0 Å².